The van der Waals surface area contributed by atoms with Gasteiger partial charge in [0.15, 0.2) is 9.84 Å². The minimum absolute atomic E-state index is 0.0282. The van der Waals surface area contributed by atoms with Gasteiger partial charge in [0.05, 0.1) is 11.8 Å². The van der Waals surface area contributed by atoms with Crippen LogP contribution in [0.4, 0.5) is 0 Å². The zero-order valence-corrected chi connectivity index (χ0v) is 12.9. The molecule has 3 atom stereocenters. The molecular formula is C14H20N2O4S. The minimum atomic E-state index is -3.25. The Hall–Kier alpha value is -1.37. The van der Waals surface area contributed by atoms with Crippen molar-refractivity contribution in [3.05, 3.63) is 11.5 Å². The molecule has 3 aliphatic rings. The maximum Gasteiger partial charge on any atom is 0.246 e. The molecule has 0 aliphatic carbocycles. The summed E-state index contributed by atoms with van der Waals surface area (Å²) in [5.74, 6) is -0.220. The Morgan fingerprint density at radius 2 is 2.00 bits per heavy atom. The number of piperazine rings is 1. The molecule has 21 heavy (non-hydrogen) atoms. The van der Waals surface area contributed by atoms with Crippen molar-refractivity contribution in [2.45, 2.75) is 50.7 Å². The molecule has 116 valence electrons. The molecular weight excluding hydrogens is 292 g/mol. The van der Waals surface area contributed by atoms with Gasteiger partial charge in [0.1, 0.15) is 12.1 Å². The number of amides is 2. The van der Waals surface area contributed by atoms with Crippen LogP contribution in [0.3, 0.4) is 0 Å². The summed E-state index contributed by atoms with van der Waals surface area (Å²) in [5, 5.41) is 1.16. The van der Waals surface area contributed by atoms with E-state index in [9.17, 15) is 18.0 Å². The highest BCUT2D eigenvalue weighted by Gasteiger charge is 2.48. The largest absolute Gasteiger partial charge is 0.329 e. The van der Waals surface area contributed by atoms with Gasteiger partial charge in [-0.25, -0.2) is 8.42 Å². The molecule has 3 unspecified atom stereocenters. The third-order valence-electron chi connectivity index (χ3n) is 4.60. The van der Waals surface area contributed by atoms with E-state index in [0.717, 1.165) is 18.2 Å². The third kappa shape index (κ3) is 2.37. The Balaban J connectivity index is 1.93. The topological polar surface area (TPSA) is 74.8 Å². The summed E-state index contributed by atoms with van der Waals surface area (Å²) in [6.45, 7) is 2.50. The summed E-state index contributed by atoms with van der Waals surface area (Å²) in [6, 6.07) is -1.43. The summed E-state index contributed by atoms with van der Waals surface area (Å²) in [6.07, 6.45) is 4.60. The fourth-order valence-electron chi connectivity index (χ4n) is 3.59. The predicted octanol–water partition coefficient (Wildman–Crippen LogP) is 0.299. The van der Waals surface area contributed by atoms with Gasteiger partial charge in [-0.1, -0.05) is 6.92 Å². The first-order valence-electron chi connectivity index (χ1n) is 7.48. The van der Waals surface area contributed by atoms with Crippen molar-refractivity contribution < 1.29 is 18.0 Å². The lowest BCUT2D eigenvalue weighted by atomic mass is 9.93. The SMILES string of the molecule is CCC1C(=O)N2CCCCC2C(=O)N1C1C=CS(=O)(=O)C1. The molecule has 2 amide bonds. The van der Waals surface area contributed by atoms with Crippen molar-refractivity contribution in [2.24, 2.45) is 0 Å². The van der Waals surface area contributed by atoms with Crippen LogP contribution in [0.15, 0.2) is 11.5 Å². The van der Waals surface area contributed by atoms with E-state index in [4.69, 9.17) is 0 Å². The monoisotopic (exact) mass is 312 g/mol. The molecule has 0 aromatic carbocycles. The van der Waals surface area contributed by atoms with Crippen molar-refractivity contribution in [1.82, 2.24) is 9.80 Å². The molecule has 0 radical (unpaired) electrons. The molecule has 0 saturated carbocycles. The van der Waals surface area contributed by atoms with Crippen molar-refractivity contribution in [2.75, 3.05) is 12.3 Å². The number of carbonyl (C=O) groups excluding carboxylic acids is 2. The number of piperidine rings is 1. The van der Waals surface area contributed by atoms with Gasteiger partial charge in [0.2, 0.25) is 11.8 Å². The van der Waals surface area contributed by atoms with Gasteiger partial charge in [-0.3, -0.25) is 9.59 Å². The summed E-state index contributed by atoms with van der Waals surface area (Å²) in [7, 11) is -3.25. The Kier molecular flexibility index (Phi) is 3.55. The van der Waals surface area contributed by atoms with Gasteiger partial charge in [-0.2, -0.15) is 0 Å². The first-order valence-corrected chi connectivity index (χ1v) is 9.20. The smallest absolute Gasteiger partial charge is 0.246 e. The maximum atomic E-state index is 12.8. The Bertz CT molecular complexity index is 598. The molecule has 3 heterocycles. The van der Waals surface area contributed by atoms with E-state index < -0.39 is 28.0 Å². The van der Waals surface area contributed by atoms with Crippen LogP contribution < -0.4 is 0 Å². The van der Waals surface area contributed by atoms with E-state index in [1.807, 2.05) is 6.92 Å². The molecule has 3 aliphatic heterocycles. The van der Waals surface area contributed by atoms with Gasteiger partial charge in [-0.05, 0) is 31.8 Å². The zero-order chi connectivity index (χ0) is 15.2. The Morgan fingerprint density at radius 3 is 2.62 bits per heavy atom. The summed E-state index contributed by atoms with van der Waals surface area (Å²) >= 11 is 0. The van der Waals surface area contributed by atoms with Crippen LogP contribution in [0.5, 0.6) is 0 Å². The van der Waals surface area contributed by atoms with E-state index in [0.29, 0.717) is 19.4 Å². The lowest BCUT2D eigenvalue weighted by molar-refractivity contribution is -0.165. The highest BCUT2D eigenvalue weighted by molar-refractivity contribution is 7.94. The molecule has 0 aromatic heterocycles. The summed E-state index contributed by atoms with van der Waals surface area (Å²) in [4.78, 5) is 28.6. The molecule has 0 bridgehead atoms. The van der Waals surface area contributed by atoms with Gasteiger partial charge in [-0.15, -0.1) is 0 Å². The molecule has 7 heteroatoms. The molecule has 6 nitrogen and oxygen atoms in total. The van der Waals surface area contributed by atoms with Crippen LogP contribution in [-0.4, -0.2) is 60.5 Å². The Labute approximate surface area is 124 Å². The van der Waals surface area contributed by atoms with Crippen LogP contribution >= 0.6 is 0 Å². The number of hydrogen-bond donors (Lipinski definition) is 0. The van der Waals surface area contributed by atoms with Crippen LogP contribution in [0.1, 0.15) is 32.6 Å². The van der Waals surface area contributed by atoms with Crippen molar-refractivity contribution in [3.63, 3.8) is 0 Å². The van der Waals surface area contributed by atoms with Crippen molar-refractivity contribution >= 4 is 21.7 Å². The first-order chi connectivity index (χ1) is 9.94. The van der Waals surface area contributed by atoms with Crippen molar-refractivity contribution in [3.8, 4) is 0 Å². The van der Waals surface area contributed by atoms with E-state index in [-0.39, 0.29) is 17.6 Å². The second-order valence-electron chi connectivity index (χ2n) is 5.94. The summed E-state index contributed by atoms with van der Waals surface area (Å²) in [5.41, 5.74) is 0. The van der Waals surface area contributed by atoms with E-state index in [1.54, 1.807) is 11.0 Å². The minimum Gasteiger partial charge on any atom is -0.329 e. The van der Waals surface area contributed by atoms with E-state index in [1.165, 1.54) is 4.90 Å². The standard InChI is InChI=1S/C14H20N2O4S/c1-2-11-13(17)15-7-4-3-5-12(15)14(18)16(11)10-6-8-21(19,20)9-10/h6,8,10-12H,2-5,7,9H2,1H3. The third-order valence-corrected chi connectivity index (χ3v) is 5.98. The number of sulfone groups is 1. The van der Waals surface area contributed by atoms with E-state index in [2.05, 4.69) is 0 Å². The lowest BCUT2D eigenvalue weighted by Gasteiger charge is -2.48. The number of fused-ring (bicyclic) bond motifs is 1. The molecule has 0 spiro atoms. The van der Waals surface area contributed by atoms with Crippen LogP contribution in [0, 0.1) is 0 Å². The van der Waals surface area contributed by atoms with Crippen LogP contribution in [-0.2, 0) is 19.4 Å². The number of carbonyl (C=O) groups is 2. The number of hydrogen-bond acceptors (Lipinski definition) is 4. The molecule has 2 fully saturated rings. The van der Waals surface area contributed by atoms with Crippen LogP contribution in [0.25, 0.3) is 0 Å². The molecule has 0 N–H and O–H groups in total. The zero-order valence-electron chi connectivity index (χ0n) is 12.1. The maximum absolute atomic E-state index is 12.8. The average molecular weight is 312 g/mol. The quantitative estimate of drug-likeness (QED) is 0.735. The molecule has 3 rings (SSSR count). The predicted molar refractivity (Wildman–Crippen MR) is 77.0 cm³/mol. The fourth-order valence-corrected chi connectivity index (χ4v) is 4.87. The normalized spacial score (nSPS) is 35.2. The fraction of sp³-hybridized carbons (Fsp3) is 0.714. The number of rotatable bonds is 2. The summed E-state index contributed by atoms with van der Waals surface area (Å²) < 4.78 is 23.3. The lowest BCUT2D eigenvalue weighted by Crippen LogP contribution is -2.67. The molecule has 2 saturated heterocycles. The number of nitrogens with zero attached hydrogens (tertiary/aromatic N) is 2. The second kappa shape index (κ2) is 5.12. The molecule has 0 aromatic rings. The van der Waals surface area contributed by atoms with Crippen molar-refractivity contribution in [1.29, 1.82) is 0 Å². The average Bonchev–Trinajstić information content (AvgIpc) is 2.82. The van der Waals surface area contributed by atoms with Gasteiger partial charge in [0.25, 0.3) is 0 Å². The Morgan fingerprint density at radius 1 is 1.24 bits per heavy atom. The first kappa shape index (κ1) is 14.6. The highest BCUT2D eigenvalue weighted by atomic mass is 32.2. The van der Waals surface area contributed by atoms with E-state index >= 15 is 0 Å². The second-order valence-corrected chi connectivity index (χ2v) is 7.87. The van der Waals surface area contributed by atoms with Crippen LogP contribution in [0.2, 0.25) is 0 Å². The highest BCUT2D eigenvalue weighted by Crippen LogP contribution is 2.30. The van der Waals surface area contributed by atoms with Gasteiger partial charge >= 0.3 is 0 Å². The van der Waals surface area contributed by atoms with Gasteiger partial charge in [0, 0.05) is 12.0 Å². The van der Waals surface area contributed by atoms with Gasteiger partial charge < -0.3 is 9.80 Å².